The van der Waals surface area contributed by atoms with E-state index in [9.17, 15) is 0 Å². The lowest BCUT2D eigenvalue weighted by atomic mass is 10.0. The molecule has 112 valence electrons. The predicted octanol–water partition coefficient (Wildman–Crippen LogP) is 2.96. The van der Waals surface area contributed by atoms with Crippen molar-refractivity contribution in [2.75, 3.05) is 31.7 Å². The quantitative estimate of drug-likeness (QED) is 0.833. The van der Waals surface area contributed by atoms with Crippen molar-refractivity contribution in [1.29, 1.82) is 0 Å². The number of nitrogens with zero attached hydrogens (tertiary/aromatic N) is 2. The summed E-state index contributed by atoms with van der Waals surface area (Å²) in [4.78, 5) is 7.12. The summed E-state index contributed by atoms with van der Waals surface area (Å²) < 4.78 is 5.03. The molecule has 0 atom stereocenters. The van der Waals surface area contributed by atoms with Crippen molar-refractivity contribution in [2.24, 2.45) is 0 Å². The molecule has 0 saturated heterocycles. The Kier molecular flexibility index (Phi) is 4.85. The topological polar surface area (TPSA) is 37.4 Å². The molecule has 1 aromatic carbocycles. The molecule has 0 radical (unpaired) electrons. The highest BCUT2D eigenvalue weighted by atomic mass is 32.1. The minimum absolute atomic E-state index is 0.733. The fraction of sp³-hybridized carbons (Fsp3) is 0.438. The fourth-order valence-corrected chi connectivity index (χ4v) is 3.49. The van der Waals surface area contributed by atoms with Crippen LogP contribution in [0.15, 0.2) is 29.6 Å². The fourth-order valence-electron chi connectivity index (χ4n) is 2.62. The van der Waals surface area contributed by atoms with Crippen LogP contribution in [-0.2, 0) is 17.7 Å². The largest absolute Gasteiger partial charge is 0.383 e. The van der Waals surface area contributed by atoms with Gasteiger partial charge in [-0.25, -0.2) is 4.98 Å². The van der Waals surface area contributed by atoms with Gasteiger partial charge in [0.2, 0.25) is 0 Å². The van der Waals surface area contributed by atoms with Gasteiger partial charge in [-0.1, -0.05) is 18.2 Å². The van der Waals surface area contributed by atoms with Crippen molar-refractivity contribution in [2.45, 2.75) is 19.4 Å². The highest BCUT2D eigenvalue weighted by Crippen LogP contribution is 2.34. The first-order valence-corrected chi connectivity index (χ1v) is 8.26. The maximum absolute atomic E-state index is 5.03. The first-order chi connectivity index (χ1) is 10.4. The van der Waals surface area contributed by atoms with Gasteiger partial charge in [-0.15, -0.1) is 11.3 Å². The molecule has 0 bridgehead atoms. The molecule has 21 heavy (non-hydrogen) atoms. The average molecular weight is 303 g/mol. The first-order valence-electron chi connectivity index (χ1n) is 7.38. The Labute approximate surface area is 129 Å². The molecule has 1 aliphatic rings. The molecule has 0 spiro atoms. The highest BCUT2D eigenvalue weighted by molar-refractivity contribution is 7.13. The number of benzene rings is 1. The summed E-state index contributed by atoms with van der Waals surface area (Å²) in [5.41, 5.74) is 3.85. The molecule has 2 heterocycles. The first kappa shape index (κ1) is 14.5. The van der Waals surface area contributed by atoms with Crippen LogP contribution in [0.3, 0.4) is 0 Å². The van der Waals surface area contributed by atoms with Crippen molar-refractivity contribution < 1.29 is 4.74 Å². The molecule has 1 aromatic heterocycles. The molecule has 2 aromatic rings. The molecule has 1 N–H and O–H groups in total. The Morgan fingerprint density at radius 1 is 1.38 bits per heavy atom. The molecular formula is C16H21N3OS. The number of ether oxygens (including phenoxy) is 1. The molecular weight excluding hydrogens is 282 g/mol. The number of fused-ring (bicyclic) bond motifs is 1. The molecule has 3 rings (SSSR count). The lowest BCUT2D eigenvalue weighted by Crippen LogP contribution is -2.24. The number of rotatable bonds is 6. The van der Waals surface area contributed by atoms with E-state index < -0.39 is 0 Å². The van der Waals surface area contributed by atoms with E-state index >= 15 is 0 Å². The van der Waals surface area contributed by atoms with Gasteiger partial charge in [-0.05, 0) is 24.5 Å². The van der Waals surface area contributed by atoms with Gasteiger partial charge >= 0.3 is 0 Å². The number of methoxy groups -OCH3 is 1. The van der Waals surface area contributed by atoms with E-state index in [4.69, 9.17) is 9.72 Å². The Morgan fingerprint density at radius 3 is 3.19 bits per heavy atom. The molecule has 0 saturated carbocycles. The number of hydrogen-bond acceptors (Lipinski definition) is 5. The van der Waals surface area contributed by atoms with Gasteiger partial charge < -0.3 is 15.0 Å². The minimum atomic E-state index is 0.733. The van der Waals surface area contributed by atoms with Gasteiger partial charge in [-0.3, -0.25) is 0 Å². The molecule has 5 heteroatoms. The zero-order valence-electron chi connectivity index (χ0n) is 12.3. The van der Waals surface area contributed by atoms with Crippen LogP contribution >= 0.6 is 11.3 Å². The molecule has 0 unspecified atom stereocenters. The Morgan fingerprint density at radius 2 is 2.29 bits per heavy atom. The van der Waals surface area contributed by atoms with Crippen LogP contribution in [0.5, 0.6) is 0 Å². The van der Waals surface area contributed by atoms with Crippen LogP contribution in [0.25, 0.3) is 0 Å². The van der Waals surface area contributed by atoms with Crippen LogP contribution in [0.2, 0.25) is 0 Å². The van der Waals surface area contributed by atoms with E-state index in [0.717, 1.165) is 37.1 Å². The molecule has 0 aliphatic carbocycles. The third-order valence-electron chi connectivity index (χ3n) is 3.67. The summed E-state index contributed by atoms with van der Waals surface area (Å²) in [6.07, 6.45) is 2.36. The van der Waals surface area contributed by atoms with Crippen LogP contribution in [0.4, 0.5) is 10.8 Å². The number of aromatic nitrogens is 1. The summed E-state index contributed by atoms with van der Waals surface area (Å²) in [7, 11) is 1.72. The summed E-state index contributed by atoms with van der Waals surface area (Å²) >= 11 is 1.73. The van der Waals surface area contributed by atoms with Gasteiger partial charge in [-0.2, -0.15) is 0 Å². The summed E-state index contributed by atoms with van der Waals surface area (Å²) in [6, 6.07) is 8.65. The molecule has 1 aliphatic heterocycles. The van der Waals surface area contributed by atoms with E-state index in [-0.39, 0.29) is 0 Å². The standard InChI is InChI=1S/C16H21N3OS/c1-20-10-8-17-11-14-12-21-16(18-14)19-9-4-6-13-5-2-3-7-15(13)19/h2-3,5,7,12,17H,4,6,8-11H2,1H3. The van der Waals surface area contributed by atoms with Crippen molar-refractivity contribution in [3.8, 4) is 0 Å². The minimum Gasteiger partial charge on any atom is -0.383 e. The monoisotopic (exact) mass is 303 g/mol. The van der Waals surface area contributed by atoms with Crippen molar-refractivity contribution in [1.82, 2.24) is 10.3 Å². The number of anilines is 2. The number of thiazole rings is 1. The molecule has 0 fully saturated rings. The lowest BCUT2D eigenvalue weighted by Gasteiger charge is -2.28. The van der Waals surface area contributed by atoms with E-state index in [1.165, 1.54) is 24.1 Å². The van der Waals surface area contributed by atoms with Gasteiger partial charge in [0.1, 0.15) is 0 Å². The Bertz CT molecular complexity index is 584. The van der Waals surface area contributed by atoms with Crippen molar-refractivity contribution >= 4 is 22.2 Å². The molecule has 0 amide bonds. The van der Waals surface area contributed by atoms with Gasteiger partial charge in [0, 0.05) is 37.8 Å². The zero-order chi connectivity index (χ0) is 14.5. The summed E-state index contributed by atoms with van der Waals surface area (Å²) in [5.74, 6) is 0. The smallest absolute Gasteiger partial charge is 0.190 e. The number of para-hydroxylation sites is 1. The number of hydrogen-bond donors (Lipinski definition) is 1. The Hall–Kier alpha value is -1.43. The third-order valence-corrected chi connectivity index (χ3v) is 4.58. The van der Waals surface area contributed by atoms with E-state index in [0.29, 0.717) is 0 Å². The maximum atomic E-state index is 5.03. The Balaban J connectivity index is 1.69. The SMILES string of the molecule is COCCNCc1csc(N2CCCc3ccccc32)n1. The normalized spacial score (nSPS) is 14.2. The van der Waals surface area contributed by atoms with Crippen LogP contribution in [0.1, 0.15) is 17.7 Å². The predicted molar refractivity (Wildman–Crippen MR) is 87.5 cm³/mol. The summed E-state index contributed by atoms with van der Waals surface area (Å²) in [6.45, 7) is 3.45. The van der Waals surface area contributed by atoms with Gasteiger partial charge in [0.15, 0.2) is 5.13 Å². The van der Waals surface area contributed by atoms with Crippen LogP contribution < -0.4 is 10.2 Å². The second-order valence-electron chi connectivity index (χ2n) is 5.17. The number of nitrogens with one attached hydrogen (secondary N) is 1. The number of aryl methyl sites for hydroxylation is 1. The van der Waals surface area contributed by atoms with Crippen LogP contribution in [0, 0.1) is 0 Å². The second kappa shape index (κ2) is 7.02. The van der Waals surface area contributed by atoms with E-state index in [1.54, 1.807) is 18.4 Å². The van der Waals surface area contributed by atoms with Crippen molar-refractivity contribution in [3.05, 3.63) is 40.9 Å². The zero-order valence-corrected chi connectivity index (χ0v) is 13.2. The molecule has 4 nitrogen and oxygen atoms in total. The average Bonchev–Trinajstić information content (AvgIpc) is 3.00. The summed E-state index contributed by atoms with van der Waals surface area (Å²) in [5, 5.41) is 6.59. The highest BCUT2D eigenvalue weighted by Gasteiger charge is 2.19. The van der Waals surface area contributed by atoms with Gasteiger partial charge in [0.25, 0.3) is 0 Å². The maximum Gasteiger partial charge on any atom is 0.190 e. The van der Waals surface area contributed by atoms with Gasteiger partial charge in [0.05, 0.1) is 12.3 Å². The van der Waals surface area contributed by atoms with Crippen molar-refractivity contribution in [3.63, 3.8) is 0 Å². The second-order valence-corrected chi connectivity index (χ2v) is 6.01. The van der Waals surface area contributed by atoms with Crippen LogP contribution in [-0.4, -0.2) is 31.8 Å². The van der Waals surface area contributed by atoms with E-state index in [1.807, 2.05) is 0 Å². The lowest BCUT2D eigenvalue weighted by molar-refractivity contribution is 0.199. The third kappa shape index (κ3) is 3.43. The van der Waals surface area contributed by atoms with E-state index in [2.05, 4.69) is 39.9 Å².